The molecule has 1 atom stereocenters. The number of halogens is 1. The van der Waals surface area contributed by atoms with Crippen LogP contribution in [0.3, 0.4) is 0 Å². The number of nitrogens with one attached hydrogen (secondary N) is 1. The fraction of sp³-hybridized carbons (Fsp3) is 0.409. The quantitative estimate of drug-likeness (QED) is 0.875. The Bertz CT molecular complexity index is 990. The van der Waals surface area contributed by atoms with Gasteiger partial charge in [-0.15, -0.1) is 0 Å². The molecule has 2 aromatic rings. The van der Waals surface area contributed by atoms with Gasteiger partial charge < -0.3 is 5.32 Å². The lowest BCUT2D eigenvalue weighted by atomic mass is 9.73. The van der Waals surface area contributed by atoms with Crippen molar-refractivity contribution in [2.24, 2.45) is 5.41 Å². The molecule has 5 nitrogen and oxygen atoms in total. The fourth-order valence-electron chi connectivity index (χ4n) is 3.57. The molecule has 1 heterocycles. The van der Waals surface area contributed by atoms with Crippen molar-refractivity contribution < 1.29 is 14.0 Å². The maximum atomic E-state index is 13.3. The maximum absolute atomic E-state index is 13.3. The second kappa shape index (κ2) is 7.34. The molecule has 1 aromatic carbocycles. The number of rotatable bonds is 4. The van der Waals surface area contributed by atoms with Gasteiger partial charge in [0.2, 0.25) is 0 Å². The van der Waals surface area contributed by atoms with Crippen molar-refractivity contribution in [2.45, 2.75) is 53.0 Å². The monoisotopic (exact) mass is 384 g/mol. The highest BCUT2D eigenvalue weighted by Crippen LogP contribution is 2.35. The summed E-state index contributed by atoms with van der Waals surface area (Å²) in [6, 6.07) is 5.29. The van der Waals surface area contributed by atoms with Crippen LogP contribution in [0.15, 0.2) is 35.3 Å². The summed E-state index contributed by atoms with van der Waals surface area (Å²) in [5, 5.41) is 2.84. The topological polar surface area (TPSA) is 68.2 Å². The van der Waals surface area contributed by atoms with Gasteiger partial charge >= 0.3 is 0 Å². The van der Waals surface area contributed by atoms with E-state index in [1.165, 1.54) is 35.0 Å². The number of fused-ring (bicyclic) bond motifs is 1. The van der Waals surface area contributed by atoms with Crippen molar-refractivity contribution >= 4 is 11.7 Å². The molecule has 1 amide bonds. The van der Waals surface area contributed by atoms with Crippen LogP contribution in [0.4, 0.5) is 4.39 Å². The summed E-state index contributed by atoms with van der Waals surface area (Å²) in [7, 11) is 0. The third-order valence-electron chi connectivity index (χ3n) is 5.23. The van der Waals surface area contributed by atoms with Gasteiger partial charge in [0.15, 0.2) is 5.78 Å². The van der Waals surface area contributed by atoms with E-state index >= 15 is 0 Å². The number of Topliss-reactive ketones (excluding diaryl/α,β-unsaturated/α-hetero) is 1. The number of pyridine rings is 1. The summed E-state index contributed by atoms with van der Waals surface area (Å²) >= 11 is 0. The number of carbonyl (C=O) groups is 2. The van der Waals surface area contributed by atoms with E-state index in [-0.39, 0.29) is 22.8 Å². The Kier molecular flexibility index (Phi) is 5.24. The molecular weight excluding hydrogens is 359 g/mol. The fourth-order valence-corrected chi connectivity index (χ4v) is 3.57. The number of benzene rings is 1. The minimum atomic E-state index is -0.503. The highest BCUT2D eigenvalue weighted by atomic mass is 19.1. The van der Waals surface area contributed by atoms with E-state index < -0.39 is 17.3 Å². The van der Waals surface area contributed by atoms with Gasteiger partial charge in [0.1, 0.15) is 11.4 Å². The first-order valence-corrected chi connectivity index (χ1v) is 9.51. The van der Waals surface area contributed by atoms with Crippen LogP contribution >= 0.6 is 0 Å². The molecule has 1 aliphatic rings. The molecule has 1 aliphatic carbocycles. The number of ketones is 1. The van der Waals surface area contributed by atoms with Crippen LogP contribution in [0.1, 0.15) is 66.8 Å². The van der Waals surface area contributed by atoms with Crippen LogP contribution in [0.5, 0.6) is 0 Å². The zero-order valence-electron chi connectivity index (χ0n) is 16.6. The average molecular weight is 384 g/mol. The molecule has 6 heteroatoms. The number of amides is 1. The second-order valence-corrected chi connectivity index (χ2v) is 8.27. The normalized spacial score (nSPS) is 16.4. The summed E-state index contributed by atoms with van der Waals surface area (Å²) < 4.78 is 14.6. The zero-order valence-corrected chi connectivity index (χ0v) is 16.6. The number of hydrogen-bond donors (Lipinski definition) is 1. The molecule has 0 bridgehead atoms. The summed E-state index contributed by atoms with van der Waals surface area (Å²) in [5.74, 6) is -1.00. The van der Waals surface area contributed by atoms with Crippen molar-refractivity contribution in [1.29, 1.82) is 0 Å². The summed E-state index contributed by atoms with van der Waals surface area (Å²) in [6.45, 7) is 7.71. The Morgan fingerprint density at radius 3 is 2.46 bits per heavy atom. The molecule has 0 aliphatic heterocycles. The van der Waals surface area contributed by atoms with Crippen LogP contribution in [0, 0.1) is 11.2 Å². The molecule has 1 N–H and O–H groups in total. The van der Waals surface area contributed by atoms with Gasteiger partial charge in [0.25, 0.3) is 11.5 Å². The molecular formula is C22H25FN2O3. The van der Waals surface area contributed by atoms with Crippen molar-refractivity contribution in [3.8, 4) is 5.69 Å². The smallest absolute Gasteiger partial charge is 0.268 e. The Morgan fingerprint density at radius 2 is 1.86 bits per heavy atom. The first-order chi connectivity index (χ1) is 13.1. The predicted octanol–water partition coefficient (Wildman–Crippen LogP) is 3.66. The highest BCUT2D eigenvalue weighted by Gasteiger charge is 2.36. The van der Waals surface area contributed by atoms with Gasteiger partial charge in [-0.1, -0.05) is 20.8 Å². The maximum Gasteiger partial charge on any atom is 0.268 e. The van der Waals surface area contributed by atoms with Gasteiger partial charge in [0, 0.05) is 29.9 Å². The van der Waals surface area contributed by atoms with Gasteiger partial charge in [-0.3, -0.25) is 19.0 Å². The van der Waals surface area contributed by atoms with Gasteiger partial charge in [-0.05, 0) is 55.0 Å². The molecule has 0 saturated heterocycles. The zero-order chi connectivity index (χ0) is 20.6. The van der Waals surface area contributed by atoms with Gasteiger partial charge in [-0.25, -0.2) is 4.39 Å². The standard InChI is InChI=1S/C22H25FN2O3/c1-5-13(2)24-20(27)19-16-10-22(3,4)11-18(26)17(16)12-25(21(19)28)15-8-6-14(23)7-9-15/h6-9,12-13H,5,10-11H2,1-4H3,(H,24,27). The van der Waals surface area contributed by atoms with Crippen LogP contribution in [0.25, 0.3) is 5.69 Å². The van der Waals surface area contributed by atoms with Crippen LogP contribution in [0.2, 0.25) is 0 Å². The van der Waals surface area contributed by atoms with Crippen LogP contribution in [-0.4, -0.2) is 22.3 Å². The SMILES string of the molecule is CCC(C)NC(=O)c1c2c(cn(-c3ccc(F)cc3)c1=O)C(=O)CC(C)(C)C2. The van der Waals surface area contributed by atoms with E-state index in [2.05, 4.69) is 5.32 Å². The van der Waals surface area contributed by atoms with Crippen molar-refractivity contribution in [2.75, 3.05) is 0 Å². The highest BCUT2D eigenvalue weighted by molar-refractivity contribution is 6.04. The largest absolute Gasteiger partial charge is 0.349 e. The van der Waals surface area contributed by atoms with E-state index in [9.17, 15) is 18.8 Å². The summed E-state index contributed by atoms with van der Waals surface area (Å²) in [6.07, 6.45) is 3.02. The minimum Gasteiger partial charge on any atom is -0.349 e. The van der Waals surface area contributed by atoms with Crippen molar-refractivity contribution in [3.05, 3.63) is 63.3 Å². The third kappa shape index (κ3) is 3.77. The Labute approximate surface area is 163 Å². The average Bonchev–Trinajstić information content (AvgIpc) is 2.61. The molecule has 0 spiro atoms. The minimum absolute atomic E-state index is 0.00301. The lowest BCUT2D eigenvalue weighted by molar-refractivity contribution is 0.0908. The Balaban J connectivity index is 2.25. The first kappa shape index (κ1) is 20.0. The second-order valence-electron chi connectivity index (χ2n) is 8.27. The number of carbonyl (C=O) groups excluding carboxylic acids is 2. The van der Waals surface area contributed by atoms with E-state index in [0.717, 1.165) is 6.42 Å². The van der Waals surface area contributed by atoms with Gasteiger partial charge in [0.05, 0.1) is 0 Å². The summed E-state index contributed by atoms with van der Waals surface area (Å²) in [4.78, 5) is 39.0. The van der Waals surface area contributed by atoms with Gasteiger partial charge in [-0.2, -0.15) is 0 Å². The summed E-state index contributed by atoms with van der Waals surface area (Å²) in [5.41, 5.74) is 0.469. The lowest BCUT2D eigenvalue weighted by Crippen LogP contribution is -2.41. The van der Waals surface area contributed by atoms with E-state index in [0.29, 0.717) is 29.7 Å². The predicted molar refractivity (Wildman–Crippen MR) is 106 cm³/mol. The van der Waals surface area contributed by atoms with Crippen molar-refractivity contribution in [1.82, 2.24) is 9.88 Å². The molecule has 28 heavy (non-hydrogen) atoms. The Hall–Kier alpha value is -2.76. The molecule has 1 unspecified atom stereocenters. The molecule has 0 fully saturated rings. The molecule has 148 valence electrons. The third-order valence-corrected chi connectivity index (χ3v) is 5.23. The van der Waals surface area contributed by atoms with E-state index in [1.54, 1.807) is 0 Å². The first-order valence-electron chi connectivity index (χ1n) is 9.51. The molecule has 1 aromatic heterocycles. The van der Waals surface area contributed by atoms with Crippen LogP contribution < -0.4 is 10.9 Å². The molecule has 0 saturated carbocycles. The molecule has 3 rings (SSSR count). The van der Waals surface area contributed by atoms with Crippen LogP contribution in [-0.2, 0) is 6.42 Å². The number of hydrogen-bond acceptors (Lipinski definition) is 3. The van der Waals surface area contributed by atoms with E-state index in [4.69, 9.17) is 0 Å². The number of nitrogens with zero attached hydrogens (tertiary/aromatic N) is 1. The lowest BCUT2D eigenvalue weighted by Gasteiger charge is -2.31. The van der Waals surface area contributed by atoms with Crippen molar-refractivity contribution in [3.63, 3.8) is 0 Å². The van der Waals surface area contributed by atoms with E-state index in [1.807, 2.05) is 27.7 Å². The molecule has 0 radical (unpaired) electrons. The Morgan fingerprint density at radius 1 is 1.21 bits per heavy atom. The number of aromatic nitrogens is 1.